The Balaban J connectivity index is 1.55. The van der Waals surface area contributed by atoms with E-state index in [0.29, 0.717) is 0 Å². The molecule has 0 aliphatic heterocycles. The van der Waals surface area contributed by atoms with Gasteiger partial charge < -0.3 is 5.32 Å². The van der Waals surface area contributed by atoms with Gasteiger partial charge in [0.1, 0.15) is 11.6 Å². The Morgan fingerprint density at radius 1 is 1.04 bits per heavy atom. The van der Waals surface area contributed by atoms with Gasteiger partial charge in [0.2, 0.25) is 0 Å². The largest absolute Gasteiger partial charge is 0.368 e. The SMILES string of the molecule is CCCCc1ccc(CCNc2cncc(-n3ccnc3C)n2)cc1. The Bertz CT molecular complexity index is 792. The summed E-state index contributed by atoms with van der Waals surface area (Å²) in [6.45, 7) is 5.01. The fraction of sp³-hybridized carbons (Fsp3) is 0.350. The lowest BCUT2D eigenvalue weighted by Crippen LogP contribution is -2.08. The lowest BCUT2D eigenvalue weighted by Gasteiger charge is -2.09. The summed E-state index contributed by atoms with van der Waals surface area (Å²) in [6, 6.07) is 8.94. The molecule has 0 bridgehead atoms. The molecule has 0 amide bonds. The van der Waals surface area contributed by atoms with Gasteiger partial charge in [-0.3, -0.25) is 9.55 Å². The summed E-state index contributed by atoms with van der Waals surface area (Å²) in [6.07, 6.45) is 11.8. The molecule has 0 aliphatic carbocycles. The topological polar surface area (TPSA) is 55.6 Å². The molecule has 5 heteroatoms. The lowest BCUT2D eigenvalue weighted by molar-refractivity contribution is 0.794. The van der Waals surface area contributed by atoms with E-state index in [9.17, 15) is 0 Å². The molecule has 5 nitrogen and oxygen atoms in total. The normalized spacial score (nSPS) is 10.8. The monoisotopic (exact) mass is 335 g/mol. The third-order valence-corrected chi connectivity index (χ3v) is 4.26. The molecule has 2 aromatic heterocycles. The van der Waals surface area contributed by atoms with Crippen LogP contribution >= 0.6 is 0 Å². The van der Waals surface area contributed by atoms with Crippen LogP contribution in [0.5, 0.6) is 0 Å². The van der Waals surface area contributed by atoms with E-state index in [4.69, 9.17) is 0 Å². The van der Waals surface area contributed by atoms with E-state index < -0.39 is 0 Å². The lowest BCUT2D eigenvalue weighted by atomic mass is 10.1. The number of hydrogen-bond acceptors (Lipinski definition) is 4. The minimum atomic E-state index is 0.778. The van der Waals surface area contributed by atoms with Crippen molar-refractivity contribution in [3.8, 4) is 5.82 Å². The predicted octanol–water partition coefficient (Wildman–Crippen LogP) is 3.97. The first-order valence-corrected chi connectivity index (χ1v) is 8.90. The summed E-state index contributed by atoms with van der Waals surface area (Å²) < 4.78 is 1.92. The highest BCUT2D eigenvalue weighted by Crippen LogP contribution is 2.11. The van der Waals surface area contributed by atoms with Crippen LogP contribution in [0.3, 0.4) is 0 Å². The fourth-order valence-electron chi connectivity index (χ4n) is 2.77. The van der Waals surface area contributed by atoms with E-state index in [1.807, 2.05) is 17.7 Å². The molecule has 0 unspecified atom stereocenters. The van der Waals surface area contributed by atoms with Crippen LogP contribution in [0.2, 0.25) is 0 Å². The zero-order chi connectivity index (χ0) is 17.5. The van der Waals surface area contributed by atoms with Crippen molar-refractivity contribution in [3.05, 3.63) is 66.0 Å². The molecule has 1 N–H and O–H groups in total. The number of anilines is 1. The Morgan fingerprint density at radius 3 is 2.48 bits per heavy atom. The minimum Gasteiger partial charge on any atom is -0.368 e. The van der Waals surface area contributed by atoms with Crippen LogP contribution < -0.4 is 5.32 Å². The number of nitrogens with zero attached hydrogens (tertiary/aromatic N) is 4. The van der Waals surface area contributed by atoms with Crippen molar-refractivity contribution in [2.75, 3.05) is 11.9 Å². The molecular formula is C20H25N5. The van der Waals surface area contributed by atoms with Gasteiger partial charge in [0.25, 0.3) is 0 Å². The summed E-state index contributed by atoms with van der Waals surface area (Å²) >= 11 is 0. The number of benzene rings is 1. The van der Waals surface area contributed by atoms with E-state index >= 15 is 0 Å². The second kappa shape index (κ2) is 8.42. The molecule has 0 fully saturated rings. The highest BCUT2D eigenvalue weighted by Gasteiger charge is 2.04. The summed E-state index contributed by atoms with van der Waals surface area (Å²) in [7, 11) is 0. The predicted molar refractivity (Wildman–Crippen MR) is 101 cm³/mol. The van der Waals surface area contributed by atoms with Crippen molar-refractivity contribution in [2.24, 2.45) is 0 Å². The maximum atomic E-state index is 4.60. The van der Waals surface area contributed by atoms with E-state index in [2.05, 4.69) is 51.5 Å². The van der Waals surface area contributed by atoms with Crippen LogP contribution in [0.25, 0.3) is 5.82 Å². The Morgan fingerprint density at radius 2 is 1.80 bits per heavy atom. The molecule has 0 spiro atoms. The van der Waals surface area contributed by atoms with Crippen LogP contribution in [0.15, 0.2) is 49.1 Å². The molecule has 3 aromatic rings. The van der Waals surface area contributed by atoms with E-state index in [-0.39, 0.29) is 0 Å². The molecule has 2 heterocycles. The van der Waals surface area contributed by atoms with Gasteiger partial charge in [0.05, 0.1) is 12.4 Å². The highest BCUT2D eigenvalue weighted by molar-refractivity contribution is 5.37. The molecular weight excluding hydrogens is 310 g/mol. The first-order valence-electron chi connectivity index (χ1n) is 8.90. The first-order chi connectivity index (χ1) is 12.3. The van der Waals surface area contributed by atoms with E-state index in [0.717, 1.165) is 30.4 Å². The summed E-state index contributed by atoms with van der Waals surface area (Å²) in [5.41, 5.74) is 2.76. The van der Waals surface area contributed by atoms with Crippen LogP contribution in [0.1, 0.15) is 36.7 Å². The molecule has 0 atom stereocenters. The Kier molecular flexibility index (Phi) is 5.77. The van der Waals surface area contributed by atoms with Crippen LogP contribution in [-0.4, -0.2) is 26.1 Å². The van der Waals surface area contributed by atoms with Gasteiger partial charge in [0.15, 0.2) is 5.82 Å². The maximum absolute atomic E-state index is 4.60. The Hall–Kier alpha value is -2.69. The second-order valence-electron chi connectivity index (χ2n) is 6.20. The Labute approximate surface area is 149 Å². The maximum Gasteiger partial charge on any atom is 0.159 e. The van der Waals surface area contributed by atoms with Crippen LogP contribution in [0.4, 0.5) is 5.82 Å². The number of aryl methyl sites for hydroxylation is 2. The number of hydrogen-bond donors (Lipinski definition) is 1. The van der Waals surface area contributed by atoms with Crippen molar-refractivity contribution in [1.29, 1.82) is 0 Å². The number of unbranched alkanes of at least 4 members (excludes halogenated alkanes) is 1. The van der Waals surface area contributed by atoms with Gasteiger partial charge in [-0.25, -0.2) is 9.97 Å². The average molecular weight is 335 g/mol. The van der Waals surface area contributed by atoms with Crippen LogP contribution in [0, 0.1) is 6.92 Å². The molecule has 1 aromatic carbocycles. The summed E-state index contributed by atoms with van der Waals surface area (Å²) in [5.74, 6) is 2.46. The molecule has 25 heavy (non-hydrogen) atoms. The van der Waals surface area contributed by atoms with Gasteiger partial charge in [-0.1, -0.05) is 37.6 Å². The molecule has 0 radical (unpaired) electrons. The van der Waals surface area contributed by atoms with Crippen LogP contribution in [-0.2, 0) is 12.8 Å². The number of nitrogens with one attached hydrogen (secondary N) is 1. The van der Waals surface area contributed by atoms with E-state index in [1.165, 1.54) is 30.4 Å². The van der Waals surface area contributed by atoms with E-state index in [1.54, 1.807) is 18.6 Å². The standard InChI is InChI=1S/C20H25N5/c1-3-4-5-17-6-8-18(9-7-17)10-11-23-19-14-21-15-20(24-19)25-13-12-22-16(25)2/h6-9,12-15H,3-5,10-11H2,1-2H3,(H,23,24). The molecule has 0 saturated heterocycles. The summed E-state index contributed by atoms with van der Waals surface area (Å²) in [4.78, 5) is 13.1. The smallest absolute Gasteiger partial charge is 0.159 e. The van der Waals surface area contributed by atoms with Gasteiger partial charge in [-0.05, 0) is 37.3 Å². The zero-order valence-corrected chi connectivity index (χ0v) is 14.9. The van der Waals surface area contributed by atoms with Crippen molar-refractivity contribution < 1.29 is 0 Å². The van der Waals surface area contributed by atoms with Gasteiger partial charge in [-0.2, -0.15) is 0 Å². The minimum absolute atomic E-state index is 0.778. The van der Waals surface area contributed by atoms with Gasteiger partial charge in [0, 0.05) is 18.9 Å². The average Bonchev–Trinajstić information content (AvgIpc) is 3.07. The molecule has 3 rings (SSSR count). The number of imidazole rings is 1. The molecule has 130 valence electrons. The van der Waals surface area contributed by atoms with Crippen molar-refractivity contribution in [2.45, 2.75) is 39.5 Å². The van der Waals surface area contributed by atoms with Crippen molar-refractivity contribution in [1.82, 2.24) is 19.5 Å². The highest BCUT2D eigenvalue weighted by atomic mass is 15.2. The fourth-order valence-corrected chi connectivity index (χ4v) is 2.77. The van der Waals surface area contributed by atoms with Gasteiger partial charge >= 0.3 is 0 Å². The number of aromatic nitrogens is 4. The molecule has 0 saturated carbocycles. The van der Waals surface area contributed by atoms with Crippen molar-refractivity contribution in [3.63, 3.8) is 0 Å². The van der Waals surface area contributed by atoms with Gasteiger partial charge in [-0.15, -0.1) is 0 Å². The molecule has 0 aliphatic rings. The summed E-state index contributed by atoms with van der Waals surface area (Å²) in [5, 5.41) is 3.36. The third kappa shape index (κ3) is 4.66. The number of rotatable bonds is 8. The zero-order valence-electron chi connectivity index (χ0n) is 14.9. The van der Waals surface area contributed by atoms with Crippen molar-refractivity contribution >= 4 is 5.82 Å². The quantitative estimate of drug-likeness (QED) is 0.677. The first kappa shape index (κ1) is 17.1. The second-order valence-corrected chi connectivity index (χ2v) is 6.20. The third-order valence-electron chi connectivity index (χ3n) is 4.26.